The molecule has 0 aliphatic carbocycles. The molecule has 0 saturated heterocycles. The summed E-state index contributed by atoms with van der Waals surface area (Å²) in [6, 6.07) is 7.80. The highest BCUT2D eigenvalue weighted by molar-refractivity contribution is 5.75. The highest BCUT2D eigenvalue weighted by Gasteiger charge is 1.81. The minimum absolute atomic E-state index is 0. The van der Waals surface area contributed by atoms with Crippen LogP contribution in [0.5, 0.6) is 0 Å². The zero-order valence-electron chi connectivity index (χ0n) is 4.89. The molecule has 0 heterocycles. The van der Waals surface area contributed by atoms with Gasteiger partial charge in [0.25, 0.3) is 0 Å². The Hall–Kier alpha value is -0.915. The van der Waals surface area contributed by atoms with E-state index < -0.39 is 0 Å². The molecule has 48 valence electrons. The molecule has 0 amide bonds. The summed E-state index contributed by atoms with van der Waals surface area (Å²) < 4.78 is 0. The number of hydrogen-bond acceptors (Lipinski definition) is 1. The largest absolute Gasteiger partial charge is 0.399 e. The lowest BCUT2D eigenvalue weighted by Gasteiger charge is -1.91. The van der Waals surface area contributed by atoms with Crippen molar-refractivity contribution >= 4 is 14.1 Å². The molecule has 1 rings (SSSR count). The molecule has 0 bridgehead atoms. The van der Waals surface area contributed by atoms with Gasteiger partial charge < -0.3 is 5.73 Å². The number of nitrogens with two attached hydrogens (primary N) is 1. The topological polar surface area (TPSA) is 26.0 Å². The Morgan fingerprint density at radius 2 is 2.00 bits per heavy atom. The first kappa shape index (κ1) is 8.08. The van der Waals surface area contributed by atoms with E-state index in [2.05, 4.69) is 0 Å². The van der Waals surface area contributed by atoms with E-state index in [4.69, 9.17) is 5.73 Å². The fourth-order valence-corrected chi connectivity index (χ4v) is 0.670. The molecule has 0 unspecified atom stereocenters. The van der Waals surface area contributed by atoms with Crippen LogP contribution in [0.4, 0.5) is 5.69 Å². The molecule has 0 aromatic heterocycles. The zero-order chi connectivity index (χ0) is 5.98. The van der Waals surface area contributed by atoms with E-state index in [0.717, 1.165) is 5.69 Å². The van der Waals surface area contributed by atoms with Gasteiger partial charge in [0.2, 0.25) is 0 Å². The predicted octanol–water partition coefficient (Wildman–Crippen LogP) is 0.393. The van der Waals surface area contributed by atoms with Crippen LogP contribution < -0.4 is 5.73 Å². The summed E-state index contributed by atoms with van der Waals surface area (Å²) >= 11 is 0. The minimum atomic E-state index is 0. The molecular weight excluding hydrogens is 109 g/mol. The molecule has 1 aromatic rings. The standard InChI is InChI=1S/C7H9N.BH3/c1-6-3-2-4-7(8)5-6;/h2-5H,8H2,1H3;1H3. The number of aryl methyl sites for hydroxylation is 1. The predicted molar refractivity (Wildman–Crippen MR) is 45.5 cm³/mol. The van der Waals surface area contributed by atoms with Gasteiger partial charge in [-0.05, 0) is 24.6 Å². The number of rotatable bonds is 0. The number of benzene rings is 1. The van der Waals surface area contributed by atoms with Crippen molar-refractivity contribution < 1.29 is 0 Å². The van der Waals surface area contributed by atoms with Crippen molar-refractivity contribution in [1.29, 1.82) is 0 Å². The fourth-order valence-electron chi connectivity index (χ4n) is 0.670. The Balaban J connectivity index is 0.000000640. The SMILES string of the molecule is B.Cc1cccc(N)c1. The lowest BCUT2D eigenvalue weighted by molar-refractivity contribution is 1.47. The third-order valence-electron chi connectivity index (χ3n) is 1.04. The summed E-state index contributed by atoms with van der Waals surface area (Å²) in [4.78, 5) is 0. The molecule has 1 nitrogen and oxygen atoms in total. The van der Waals surface area contributed by atoms with Crippen molar-refractivity contribution in [3.63, 3.8) is 0 Å². The summed E-state index contributed by atoms with van der Waals surface area (Å²) in [6.07, 6.45) is 0. The molecular formula is C7H12BN. The zero-order valence-corrected chi connectivity index (χ0v) is 4.89. The minimum Gasteiger partial charge on any atom is -0.399 e. The molecule has 0 radical (unpaired) electrons. The molecule has 0 atom stereocenters. The van der Waals surface area contributed by atoms with E-state index in [1.54, 1.807) is 0 Å². The molecule has 1 aromatic carbocycles. The first-order chi connectivity index (χ1) is 3.79. The van der Waals surface area contributed by atoms with Gasteiger partial charge in [0.05, 0.1) is 8.41 Å². The van der Waals surface area contributed by atoms with Gasteiger partial charge in [-0.1, -0.05) is 12.1 Å². The molecule has 0 aliphatic heterocycles. The van der Waals surface area contributed by atoms with Crippen LogP contribution in [0.15, 0.2) is 24.3 Å². The summed E-state index contributed by atoms with van der Waals surface area (Å²) in [5.41, 5.74) is 7.51. The first-order valence-corrected chi connectivity index (χ1v) is 2.61. The number of anilines is 1. The van der Waals surface area contributed by atoms with E-state index >= 15 is 0 Å². The monoisotopic (exact) mass is 121 g/mol. The average molecular weight is 121 g/mol. The summed E-state index contributed by atoms with van der Waals surface area (Å²) in [5.74, 6) is 0. The van der Waals surface area contributed by atoms with E-state index in [9.17, 15) is 0 Å². The van der Waals surface area contributed by atoms with Gasteiger partial charge in [-0.2, -0.15) is 0 Å². The van der Waals surface area contributed by atoms with Gasteiger partial charge in [-0.3, -0.25) is 0 Å². The lowest BCUT2D eigenvalue weighted by atomic mass is 10.2. The first-order valence-electron chi connectivity index (χ1n) is 2.61. The maximum atomic E-state index is 5.46. The van der Waals surface area contributed by atoms with Gasteiger partial charge in [0.15, 0.2) is 0 Å². The Morgan fingerprint density at radius 1 is 1.33 bits per heavy atom. The van der Waals surface area contributed by atoms with Crippen molar-refractivity contribution in [3.8, 4) is 0 Å². The molecule has 0 saturated carbocycles. The molecule has 9 heavy (non-hydrogen) atoms. The van der Waals surface area contributed by atoms with Crippen LogP contribution >= 0.6 is 0 Å². The van der Waals surface area contributed by atoms with Crippen LogP contribution in [0, 0.1) is 6.92 Å². The fraction of sp³-hybridized carbons (Fsp3) is 0.143. The molecule has 0 spiro atoms. The van der Waals surface area contributed by atoms with Crippen LogP contribution in [-0.4, -0.2) is 8.41 Å². The van der Waals surface area contributed by atoms with Gasteiger partial charge in [0, 0.05) is 5.69 Å². The van der Waals surface area contributed by atoms with Gasteiger partial charge in [-0.25, -0.2) is 0 Å². The van der Waals surface area contributed by atoms with Gasteiger partial charge >= 0.3 is 0 Å². The maximum absolute atomic E-state index is 5.46. The van der Waals surface area contributed by atoms with Crippen LogP contribution in [0.2, 0.25) is 0 Å². The smallest absolute Gasteiger partial charge is 0.0814 e. The van der Waals surface area contributed by atoms with Crippen LogP contribution in [0.1, 0.15) is 5.56 Å². The van der Waals surface area contributed by atoms with Crippen molar-refractivity contribution in [2.45, 2.75) is 6.92 Å². The lowest BCUT2D eigenvalue weighted by Crippen LogP contribution is -1.82. The Kier molecular flexibility index (Phi) is 2.86. The quantitative estimate of drug-likeness (QED) is 0.390. The second-order valence-electron chi connectivity index (χ2n) is 1.91. The normalized spacial score (nSPS) is 8.11. The van der Waals surface area contributed by atoms with Crippen molar-refractivity contribution in [3.05, 3.63) is 29.8 Å². The second-order valence-corrected chi connectivity index (χ2v) is 1.91. The summed E-state index contributed by atoms with van der Waals surface area (Å²) in [6.45, 7) is 2.02. The van der Waals surface area contributed by atoms with Gasteiger partial charge in [-0.15, -0.1) is 0 Å². The van der Waals surface area contributed by atoms with Crippen LogP contribution in [0.25, 0.3) is 0 Å². The summed E-state index contributed by atoms with van der Waals surface area (Å²) in [7, 11) is 0. The Morgan fingerprint density at radius 3 is 2.33 bits per heavy atom. The highest BCUT2D eigenvalue weighted by Crippen LogP contribution is 2.03. The number of hydrogen-bond donors (Lipinski definition) is 1. The van der Waals surface area contributed by atoms with E-state index in [1.807, 2.05) is 31.2 Å². The molecule has 0 aliphatic rings. The van der Waals surface area contributed by atoms with E-state index in [1.165, 1.54) is 5.56 Å². The molecule has 2 heteroatoms. The van der Waals surface area contributed by atoms with Crippen LogP contribution in [0.3, 0.4) is 0 Å². The van der Waals surface area contributed by atoms with Crippen molar-refractivity contribution in [2.75, 3.05) is 5.73 Å². The third kappa shape index (κ3) is 2.22. The van der Waals surface area contributed by atoms with E-state index in [0.29, 0.717) is 0 Å². The van der Waals surface area contributed by atoms with Crippen LogP contribution in [-0.2, 0) is 0 Å². The van der Waals surface area contributed by atoms with Gasteiger partial charge in [0.1, 0.15) is 0 Å². The maximum Gasteiger partial charge on any atom is 0.0814 e. The number of nitrogen functional groups attached to an aromatic ring is 1. The Bertz CT molecular complexity index is 169. The summed E-state index contributed by atoms with van der Waals surface area (Å²) in [5, 5.41) is 0. The average Bonchev–Trinajstić information content (AvgIpc) is 1.64. The Labute approximate surface area is 57.5 Å². The van der Waals surface area contributed by atoms with E-state index in [-0.39, 0.29) is 8.41 Å². The second kappa shape index (κ2) is 3.18. The van der Waals surface area contributed by atoms with Crippen molar-refractivity contribution in [1.82, 2.24) is 0 Å². The third-order valence-corrected chi connectivity index (χ3v) is 1.04. The molecule has 2 N–H and O–H groups in total. The molecule has 0 fully saturated rings. The van der Waals surface area contributed by atoms with Crippen molar-refractivity contribution in [2.24, 2.45) is 0 Å². The highest BCUT2D eigenvalue weighted by atomic mass is 14.5.